The molecule has 0 radical (unpaired) electrons. The lowest BCUT2D eigenvalue weighted by Crippen LogP contribution is -2.47. The van der Waals surface area contributed by atoms with E-state index in [0.29, 0.717) is 24.4 Å². The van der Waals surface area contributed by atoms with Gasteiger partial charge in [-0.15, -0.1) is 0 Å². The zero-order valence-electron chi connectivity index (χ0n) is 11.8. The molecule has 1 N–H and O–H groups in total. The van der Waals surface area contributed by atoms with Crippen molar-refractivity contribution < 1.29 is 27.9 Å². The van der Waals surface area contributed by atoms with Crippen molar-refractivity contribution in [3.05, 3.63) is 0 Å². The average Bonchev–Trinajstić information content (AvgIpc) is 2.71. The molecule has 2 aliphatic rings. The minimum atomic E-state index is -4.45. The number of aliphatic hydroxyl groups excluding tert-OH is 1. The maximum absolute atomic E-state index is 12.3. The molecular weight excluding hydrogens is 289 g/mol. The van der Waals surface area contributed by atoms with Crippen molar-refractivity contribution in [1.82, 2.24) is 9.80 Å². The minimum Gasteiger partial charge on any atom is -0.393 e. The summed E-state index contributed by atoms with van der Waals surface area (Å²) in [6, 6.07) is 0. The third kappa shape index (κ3) is 3.87. The number of carbonyl (C=O) groups excluding carboxylic acids is 2. The molecule has 0 bridgehead atoms. The van der Waals surface area contributed by atoms with Gasteiger partial charge in [-0.1, -0.05) is 6.92 Å². The molecule has 0 aromatic rings. The average molecular weight is 308 g/mol. The van der Waals surface area contributed by atoms with E-state index in [1.165, 1.54) is 0 Å². The Kier molecular flexibility index (Phi) is 4.46. The van der Waals surface area contributed by atoms with Crippen molar-refractivity contribution in [3.8, 4) is 0 Å². The first-order valence-electron chi connectivity index (χ1n) is 6.98. The van der Waals surface area contributed by atoms with Gasteiger partial charge in [-0.3, -0.25) is 9.59 Å². The van der Waals surface area contributed by atoms with Crippen LogP contribution in [0.15, 0.2) is 0 Å². The van der Waals surface area contributed by atoms with E-state index < -0.39 is 30.7 Å². The Hall–Kier alpha value is -1.31. The lowest BCUT2D eigenvalue weighted by atomic mass is 9.95. The van der Waals surface area contributed by atoms with Gasteiger partial charge >= 0.3 is 6.18 Å². The van der Waals surface area contributed by atoms with E-state index >= 15 is 0 Å². The molecule has 8 heteroatoms. The number of nitrogens with zero attached hydrogens (tertiary/aromatic N) is 2. The highest BCUT2D eigenvalue weighted by molar-refractivity contribution is 5.89. The predicted molar refractivity (Wildman–Crippen MR) is 67.1 cm³/mol. The standard InChI is InChI=1S/C13H19F3N2O3/c1-8-5-17(3-2-10(8)19)12(21)9-4-11(20)18(6-9)7-13(14,15)16/h8-10,19H,2-7H2,1H3. The SMILES string of the molecule is CC1CN(C(=O)C2CC(=O)N(CC(F)(F)F)C2)CCC1O. The van der Waals surface area contributed by atoms with E-state index in [9.17, 15) is 27.9 Å². The highest BCUT2D eigenvalue weighted by Gasteiger charge is 2.42. The summed E-state index contributed by atoms with van der Waals surface area (Å²) in [6.07, 6.45) is -4.61. The fourth-order valence-corrected chi connectivity index (χ4v) is 2.90. The molecule has 5 nitrogen and oxygen atoms in total. The molecule has 0 saturated carbocycles. The number of rotatable bonds is 2. The van der Waals surface area contributed by atoms with Gasteiger partial charge < -0.3 is 14.9 Å². The molecule has 2 aliphatic heterocycles. The molecule has 2 rings (SSSR count). The van der Waals surface area contributed by atoms with Crippen LogP contribution in [0.4, 0.5) is 13.2 Å². The fraction of sp³-hybridized carbons (Fsp3) is 0.846. The molecule has 3 unspecified atom stereocenters. The van der Waals surface area contributed by atoms with Crippen LogP contribution in [0.25, 0.3) is 0 Å². The van der Waals surface area contributed by atoms with Gasteiger partial charge in [-0.05, 0) is 12.3 Å². The lowest BCUT2D eigenvalue weighted by Gasteiger charge is -2.35. The van der Waals surface area contributed by atoms with Crippen molar-refractivity contribution in [2.75, 3.05) is 26.2 Å². The summed E-state index contributed by atoms with van der Waals surface area (Å²) in [5.74, 6) is -1.68. The molecule has 2 saturated heterocycles. The highest BCUT2D eigenvalue weighted by Crippen LogP contribution is 2.26. The van der Waals surface area contributed by atoms with E-state index in [2.05, 4.69) is 0 Å². The highest BCUT2D eigenvalue weighted by atomic mass is 19.4. The van der Waals surface area contributed by atoms with Gasteiger partial charge in [0, 0.05) is 26.1 Å². The molecule has 120 valence electrons. The van der Waals surface area contributed by atoms with Gasteiger partial charge in [-0.25, -0.2) is 0 Å². The van der Waals surface area contributed by atoms with Crippen LogP contribution in [0.2, 0.25) is 0 Å². The number of carbonyl (C=O) groups is 2. The normalized spacial score (nSPS) is 30.9. The Morgan fingerprint density at radius 1 is 1.38 bits per heavy atom. The van der Waals surface area contributed by atoms with E-state index in [4.69, 9.17) is 0 Å². The van der Waals surface area contributed by atoms with Gasteiger partial charge in [0.25, 0.3) is 0 Å². The Bertz CT molecular complexity index is 427. The first-order valence-corrected chi connectivity index (χ1v) is 6.98. The Balaban J connectivity index is 1.94. The third-order valence-electron chi connectivity index (χ3n) is 4.11. The summed E-state index contributed by atoms with van der Waals surface area (Å²) in [4.78, 5) is 26.1. The number of piperidine rings is 1. The number of amides is 2. The van der Waals surface area contributed by atoms with Crippen molar-refractivity contribution in [2.24, 2.45) is 11.8 Å². The number of hydrogen-bond donors (Lipinski definition) is 1. The Morgan fingerprint density at radius 3 is 2.62 bits per heavy atom. The molecule has 0 aromatic heterocycles. The number of hydrogen-bond acceptors (Lipinski definition) is 3. The summed E-state index contributed by atoms with van der Waals surface area (Å²) in [7, 11) is 0. The summed E-state index contributed by atoms with van der Waals surface area (Å²) in [5, 5.41) is 9.63. The van der Waals surface area contributed by atoms with Crippen molar-refractivity contribution in [3.63, 3.8) is 0 Å². The Morgan fingerprint density at radius 2 is 2.05 bits per heavy atom. The lowest BCUT2D eigenvalue weighted by molar-refractivity contribution is -0.157. The zero-order chi connectivity index (χ0) is 15.8. The van der Waals surface area contributed by atoms with Gasteiger partial charge in [0.2, 0.25) is 11.8 Å². The first kappa shape index (κ1) is 16.1. The van der Waals surface area contributed by atoms with Crippen molar-refractivity contribution in [1.29, 1.82) is 0 Å². The van der Waals surface area contributed by atoms with Crippen LogP contribution in [0, 0.1) is 11.8 Å². The Labute approximate surface area is 120 Å². The van der Waals surface area contributed by atoms with E-state index in [0.717, 1.165) is 0 Å². The van der Waals surface area contributed by atoms with Crippen LogP contribution in [0.5, 0.6) is 0 Å². The van der Waals surface area contributed by atoms with E-state index in [-0.39, 0.29) is 24.8 Å². The molecular formula is C13H19F3N2O3. The summed E-state index contributed by atoms with van der Waals surface area (Å²) < 4.78 is 37.0. The molecule has 0 aliphatic carbocycles. The maximum atomic E-state index is 12.3. The van der Waals surface area contributed by atoms with Gasteiger partial charge in [0.1, 0.15) is 6.54 Å². The van der Waals surface area contributed by atoms with Crippen LogP contribution < -0.4 is 0 Å². The van der Waals surface area contributed by atoms with Gasteiger partial charge in [0.05, 0.1) is 12.0 Å². The topological polar surface area (TPSA) is 60.9 Å². The van der Waals surface area contributed by atoms with Crippen LogP contribution in [0.1, 0.15) is 19.8 Å². The molecule has 2 amide bonds. The second-order valence-corrected chi connectivity index (χ2v) is 5.91. The largest absolute Gasteiger partial charge is 0.406 e. The summed E-state index contributed by atoms with van der Waals surface area (Å²) in [5.41, 5.74) is 0. The van der Waals surface area contributed by atoms with Gasteiger partial charge in [-0.2, -0.15) is 13.2 Å². The van der Waals surface area contributed by atoms with E-state index in [1.807, 2.05) is 6.92 Å². The second kappa shape index (κ2) is 5.82. The minimum absolute atomic E-state index is 0.0638. The van der Waals surface area contributed by atoms with Crippen LogP contribution in [-0.2, 0) is 9.59 Å². The second-order valence-electron chi connectivity index (χ2n) is 5.91. The monoisotopic (exact) mass is 308 g/mol. The van der Waals surface area contributed by atoms with Crippen molar-refractivity contribution >= 4 is 11.8 Å². The quantitative estimate of drug-likeness (QED) is 0.814. The van der Waals surface area contributed by atoms with Gasteiger partial charge in [0.15, 0.2) is 0 Å². The third-order valence-corrected chi connectivity index (χ3v) is 4.11. The van der Waals surface area contributed by atoms with E-state index in [1.54, 1.807) is 4.90 Å². The molecule has 0 aromatic carbocycles. The number of likely N-dealkylation sites (tertiary alicyclic amines) is 2. The molecule has 2 heterocycles. The fourth-order valence-electron chi connectivity index (χ4n) is 2.90. The van der Waals surface area contributed by atoms with Crippen molar-refractivity contribution in [2.45, 2.75) is 32.0 Å². The molecule has 21 heavy (non-hydrogen) atoms. The number of alkyl halides is 3. The first-order chi connectivity index (χ1) is 9.67. The number of aliphatic hydroxyl groups is 1. The molecule has 0 spiro atoms. The van der Waals surface area contributed by atoms with Crippen LogP contribution in [0.3, 0.4) is 0 Å². The maximum Gasteiger partial charge on any atom is 0.406 e. The predicted octanol–water partition coefficient (Wildman–Crippen LogP) is 0.627. The summed E-state index contributed by atoms with van der Waals surface area (Å²) in [6.45, 7) is 1.10. The molecule has 3 atom stereocenters. The zero-order valence-corrected chi connectivity index (χ0v) is 11.8. The van der Waals surface area contributed by atoms with Crippen LogP contribution >= 0.6 is 0 Å². The smallest absolute Gasteiger partial charge is 0.393 e. The summed E-state index contributed by atoms with van der Waals surface area (Å²) >= 11 is 0. The molecule has 2 fully saturated rings. The van der Waals surface area contributed by atoms with Crippen LogP contribution in [-0.4, -0.2) is 65.2 Å². The number of halogens is 3.